The minimum Gasteiger partial charge on any atom is -0.269 e. The lowest BCUT2D eigenvalue weighted by molar-refractivity contribution is -0.123. The van der Waals surface area contributed by atoms with E-state index in [1.807, 2.05) is 17.5 Å². The standard InChI is InChI=1S/C17H11N3O3S2/c21-15-8-11(18-14-5-1-2-6-19(14)15)10-20-16(22)13(25-17(20)23)9-12-4-3-7-24-12/h1-9H,10H2/b13-9-. The number of hydrogen-bond donors (Lipinski definition) is 0. The zero-order valence-electron chi connectivity index (χ0n) is 12.8. The fraction of sp³-hybridized carbons (Fsp3) is 0.0588. The lowest BCUT2D eigenvalue weighted by Crippen LogP contribution is -2.29. The Kier molecular flexibility index (Phi) is 3.98. The highest BCUT2D eigenvalue weighted by molar-refractivity contribution is 8.18. The maximum absolute atomic E-state index is 12.5. The van der Waals surface area contributed by atoms with Crippen LogP contribution in [0.5, 0.6) is 0 Å². The van der Waals surface area contributed by atoms with Crippen LogP contribution in [0.25, 0.3) is 11.7 Å². The van der Waals surface area contributed by atoms with Gasteiger partial charge < -0.3 is 0 Å². The van der Waals surface area contributed by atoms with Crippen LogP contribution in [-0.4, -0.2) is 25.4 Å². The van der Waals surface area contributed by atoms with Crippen molar-refractivity contribution in [3.63, 3.8) is 0 Å². The summed E-state index contributed by atoms with van der Waals surface area (Å²) in [6.07, 6.45) is 3.33. The third-order valence-corrected chi connectivity index (χ3v) is 5.36. The molecule has 8 heteroatoms. The van der Waals surface area contributed by atoms with Crippen molar-refractivity contribution in [1.29, 1.82) is 0 Å². The fourth-order valence-corrected chi connectivity index (χ4v) is 4.05. The average Bonchev–Trinajstić information content (AvgIpc) is 3.19. The number of fused-ring (bicyclic) bond motifs is 1. The Bertz CT molecular complexity index is 1070. The van der Waals surface area contributed by atoms with Crippen LogP contribution < -0.4 is 5.56 Å². The predicted molar refractivity (Wildman–Crippen MR) is 97.3 cm³/mol. The fourth-order valence-electron chi connectivity index (χ4n) is 2.48. The third-order valence-electron chi connectivity index (χ3n) is 3.63. The molecule has 0 radical (unpaired) electrons. The van der Waals surface area contributed by atoms with Gasteiger partial charge in [-0.05, 0) is 41.4 Å². The van der Waals surface area contributed by atoms with E-state index in [0.29, 0.717) is 16.2 Å². The van der Waals surface area contributed by atoms with Crippen LogP contribution in [0.2, 0.25) is 0 Å². The molecule has 0 unspecified atom stereocenters. The molecular weight excluding hydrogens is 358 g/mol. The largest absolute Gasteiger partial charge is 0.293 e. The zero-order valence-corrected chi connectivity index (χ0v) is 14.4. The molecule has 0 saturated carbocycles. The van der Waals surface area contributed by atoms with Crippen LogP contribution >= 0.6 is 23.1 Å². The summed E-state index contributed by atoms with van der Waals surface area (Å²) in [5.74, 6) is -0.363. The summed E-state index contributed by atoms with van der Waals surface area (Å²) in [5.41, 5.74) is 0.615. The Hall–Kier alpha value is -2.71. The molecule has 0 aliphatic carbocycles. The maximum atomic E-state index is 12.5. The van der Waals surface area contributed by atoms with E-state index >= 15 is 0 Å². The molecule has 124 valence electrons. The predicted octanol–water partition coefficient (Wildman–Crippen LogP) is 2.99. The molecule has 0 atom stereocenters. The average molecular weight is 369 g/mol. The summed E-state index contributed by atoms with van der Waals surface area (Å²) in [6.45, 7) is -0.0208. The highest BCUT2D eigenvalue weighted by Gasteiger charge is 2.35. The molecule has 0 aromatic carbocycles. The first-order valence-corrected chi connectivity index (χ1v) is 9.07. The first kappa shape index (κ1) is 15.8. The van der Waals surface area contributed by atoms with Gasteiger partial charge in [0.25, 0.3) is 16.7 Å². The molecule has 1 aliphatic rings. The van der Waals surface area contributed by atoms with Crippen molar-refractivity contribution < 1.29 is 9.59 Å². The second kappa shape index (κ2) is 6.30. The molecule has 6 nitrogen and oxygen atoms in total. The molecule has 25 heavy (non-hydrogen) atoms. The van der Waals surface area contributed by atoms with Gasteiger partial charge >= 0.3 is 0 Å². The van der Waals surface area contributed by atoms with Gasteiger partial charge in [-0.3, -0.25) is 23.7 Å². The van der Waals surface area contributed by atoms with E-state index in [0.717, 1.165) is 21.5 Å². The molecule has 1 aliphatic heterocycles. The molecule has 4 rings (SSSR count). The number of thioether (sulfide) groups is 1. The van der Waals surface area contributed by atoms with E-state index in [2.05, 4.69) is 4.98 Å². The number of pyridine rings is 1. The number of thiophene rings is 1. The van der Waals surface area contributed by atoms with Crippen LogP contribution in [0, 0.1) is 0 Å². The summed E-state index contributed by atoms with van der Waals surface area (Å²) >= 11 is 2.39. The van der Waals surface area contributed by atoms with E-state index in [9.17, 15) is 14.4 Å². The molecule has 1 saturated heterocycles. The van der Waals surface area contributed by atoms with Gasteiger partial charge in [0, 0.05) is 17.1 Å². The molecule has 0 spiro atoms. The molecule has 3 aromatic heterocycles. The van der Waals surface area contributed by atoms with E-state index in [1.165, 1.54) is 21.8 Å². The molecule has 1 fully saturated rings. The van der Waals surface area contributed by atoms with Crippen LogP contribution in [0.1, 0.15) is 10.6 Å². The monoisotopic (exact) mass is 369 g/mol. The highest BCUT2D eigenvalue weighted by atomic mass is 32.2. The van der Waals surface area contributed by atoms with Crippen LogP contribution in [0.4, 0.5) is 4.79 Å². The van der Waals surface area contributed by atoms with E-state index < -0.39 is 0 Å². The molecule has 2 amide bonds. The normalized spacial score (nSPS) is 16.3. The number of hydrogen-bond acceptors (Lipinski definition) is 6. The summed E-state index contributed by atoms with van der Waals surface area (Å²) < 4.78 is 1.41. The maximum Gasteiger partial charge on any atom is 0.293 e. The SMILES string of the molecule is O=C1S/C(=C\c2cccs2)C(=O)N1Cc1cc(=O)n2ccccc2n1. The van der Waals surface area contributed by atoms with Gasteiger partial charge in [-0.1, -0.05) is 12.1 Å². The first-order valence-electron chi connectivity index (χ1n) is 7.38. The smallest absolute Gasteiger partial charge is 0.269 e. The van der Waals surface area contributed by atoms with Gasteiger partial charge in [-0.15, -0.1) is 11.3 Å². The van der Waals surface area contributed by atoms with Crippen LogP contribution in [-0.2, 0) is 11.3 Å². The Labute approximate surface area is 150 Å². The number of carbonyl (C=O) groups is 2. The van der Waals surface area contributed by atoms with Crippen molar-refractivity contribution in [3.8, 4) is 0 Å². The topological polar surface area (TPSA) is 71.8 Å². The number of aromatic nitrogens is 2. The summed E-state index contributed by atoms with van der Waals surface area (Å²) in [6, 6.07) is 10.3. The Morgan fingerprint density at radius 1 is 1.12 bits per heavy atom. The molecular formula is C17H11N3O3S2. The number of carbonyl (C=O) groups excluding carboxylic acids is 2. The van der Waals surface area contributed by atoms with Crippen molar-refractivity contribution in [2.45, 2.75) is 6.54 Å². The van der Waals surface area contributed by atoms with E-state index in [1.54, 1.807) is 30.5 Å². The van der Waals surface area contributed by atoms with E-state index in [-0.39, 0.29) is 23.3 Å². The lowest BCUT2D eigenvalue weighted by atomic mass is 10.3. The van der Waals surface area contributed by atoms with E-state index in [4.69, 9.17) is 0 Å². The van der Waals surface area contributed by atoms with Crippen LogP contribution in [0.15, 0.2) is 57.7 Å². The van der Waals surface area contributed by atoms with Crippen molar-refractivity contribution in [2.24, 2.45) is 0 Å². The zero-order chi connectivity index (χ0) is 17.4. The number of imide groups is 1. The summed E-state index contributed by atoms with van der Waals surface area (Å²) in [7, 11) is 0. The molecule has 0 N–H and O–H groups in total. The van der Waals surface area contributed by atoms with Crippen molar-refractivity contribution in [3.05, 3.63) is 73.8 Å². The minimum atomic E-state index is -0.363. The van der Waals surface area contributed by atoms with Gasteiger partial charge in [-0.2, -0.15) is 0 Å². The second-order valence-electron chi connectivity index (χ2n) is 5.30. The van der Waals surface area contributed by atoms with Crippen molar-refractivity contribution in [2.75, 3.05) is 0 Å². The number of nitrogens with zero attached hydrogens (tertiary/aromatic N) is 3. The lowest BCUT2D eigenvalue weighted by Gasteiger charge is -2.12. The van der Waals surface area contributed by atoms with Crippen LogP contribution in [0.3, 0.4) is 0 Å². The molecule has 4 heterocycles. The van der Waals surface area contributed by atoms with Gasteiger partial charge in [0.05, 0.1) is 17.1 Å². The quantitative estimate of drug-likeness (QED) is 0.664. The van der Waals surface area contributed by atoms with Crippen molar-refractivity contribution >= 4 is 46.0 Å². The molecule has 3 aromatic rings. The second-order valence-corrected chi connectivity index (χ2v) is 7.27. The Morgan fingerprint density at radius 3 is 2.80 bits per heavy atom. The highest BCUT2D eigenvalue weighted by Crippen LogP contribution is 2.33. The van der Waals surface area contributed by atoms with Gasteiger partial charge in [0.15, 0.2) is 0 Å². The summed E-state index contributed by atoms with van der Waals surface area (Å²) in [4.78, 5) is 43.6. The number of amides is 2. The van der Waals surface area contributed by atoms with Crippen molar-refractivity contribution in [1.82, 2.24) is 14.3 Å². The number of rotatable bonds is 3. The molecule has 0 bridgehead atoms. The van der Waals surface area contributed by atoms with Gasteiger partial charge in [0.1, 0.15) is 5.65 Å². The Balaban J connectivity index is 1.64. The van der Waals surface area contributed by atoms with Gasteiger partial charge in [0.2, 0.25) is 0 Å². The van der Waals surface area contributed by atoms with Gasteiger partial charge in [-0.25, -0.2) is 4.98 Å². The first-order chi connectivity index (χ1) is 12.1. The minimum absolute atomic E-state index is 0.0208. The third kappa shape index (κ3) is 3.01. The Morgan fingerprint density at radius 2 is 2.00 bits per heavy atom. The summed E-state index contributed by atoms with van der Waals surface area (Å²) in [5, 5.41) is 1.55.